The van der Waals surface area contributed by atoms with Crippen LogP contribution in [0.1, 0.15) is 23.6 Å². The van der Waals surface area contributed by atoms with Crippen molar-refractivity contribution >= 4 is 11.4 Å². The van der Waals surface area contributed by atoms with Crippen LogP contribution in [-0.4, -0.2) is 0 Å². The topological polar surface area (TPSA) is 61.8 Å². The van der Waals surface area contributed by atoms with Gasteiger partial charge < -0.3 is 11.1 Å². The van der Waals surface area contributed by atoms with E-state index in [9.17, 15) is 0 Å². The Morgan fingerprint density at radius 3 is 2.37 bits per heavy atom. The number of benzene rings is 2. The highest BCUT2D eigenvalue weighted by Crippen LogP contribution is 2.18. The summed E-state index contributed by atoms with van der Waals surface area (Å²) in [6, 6.07) is 16.0. The molecule has 0 saturated carbocycles. The van der Waals surface area contributed by atoms with E-state index in [0.717, 1.165) is 18.7 Å². The molecule has 0 bridgehead atoms. The standard InChI is InChI=1S/C16H17N3/c1-2-12-3-5-13(6-4-12)11-19-15-8-7-14(10-17)16(18)9-15/h3-9,19H,2,11,18H2,1H3. The van der Waals surface area contributed by atoms with Crippen molar-refractivity contribution in [3.05, 3.63) is 59.2 Å². The lowest BCUT2D eigenvalue weighted by atomic mass is 10.1. The monoisotopic (exact) mass is 251 g/mol. The molecular formula is C16H17N3. The van der Waals surface area contributed by atoms with Gasteiger partial charge in [-0.05, 0) is 35.7 Å². The minimum absolute atomic E-state index is 0.508. The van der Waals surface area contributed by atoms with Crippen molar-refractivity contribution in [2.75, 3.05) is 11.1 Å². The lowest BCUT2D eigenvalue weighted by Crippen LogP contribution is -2.01. The first-order chi connectivity index (χ1) is 9.22. The molecule has 0 atom stereocenters. The first kappa shape index (κ1) is 13.0. The number of nitrogens with two attached hydrogens (primary N) is 1. The first-order valence-electron chi connectivity index (χ1n) is 6.34. The number of anilines is 2. The number of nitrogen functional groups attached to an aromatic ring is 1. The molecular weight excluding hydrogens is 234 g/mol. The summed E-state index contributed by atoms with van der Waals surface area (Å²) in [7, 11) is 0. The van der Waals surface area contributed by atoms with Crippen molar-refractivity contribution in [3.8, 4) is 6.07 Å². The molecule has 3 heteroatoms. The Balaban J connectivity index is 2.02. The quantitative estimate of drug-likeness (QED) is 0.819. The molecule has 0 heterocycles. The van der Waals surface area contributed by atoms with E-state index in [1.165, 1.54) is 11.1 Å². The average molecular weight is 251 g/mol. The van der Waals surface area contributed by atoms with Gasteiger partial charge in [0.15, 0.2) is 0 Å². The van der Waals surface area contributed by atoms with E-state index in [-0.39, 0.29) is 0 Å². The molecule has 0 radical (unpaired) electrons. The zero-order valence-electron chi connectivity index (χ0n) is 11.0. The Morgan fingerprint density at radius 1 is 1.11 bits per heavy atom. The first-order valence-corrected chi connectivity index (χ1v) is 6.34. The molecule has 0 aliphatic carbocycles. The van der Waals surface area contributed by atoms with Crippen LogP contribution in [0, 0.1) is 11.3 Å². The summed E-state index contributed by atoms with van der Waals surface area (Å²) in [6.45, 7) is 2.89. The van der Waals surface area contributed by atoms with E-state index in [1.54, 1.807) is 12.1 Å². The maximum absolute atomic E-state index is 8.82. The largest absolute Gasteiger partial charge is 0.398 e. The number of rotatable bonds is 4. The number of nitrogens with one attached hydrogen (secondary N) is 1. The van der Waals surface area contributed by atoms with Crippen molar-refractivity contribution in [1.29, 1.82) is 5.26 Å². The Labute approximate surface area is 113 Å². The normalized spacial score (nSPS) is 9.89. The molecule has 0 saturated heterocycles. The predicted octanol–water partition coefficient (Wildman–Crippen LogP) is 3.31. The second-order valence-electron chi connectivity index (χ2n) is 4.44. The fourth-order valence-electron chi connectivity index (χ4n) is 1.87. The van der Waals surface area contributed by atoms with E-state index in [1.807, 2.05) is 6.07 Å². The summed E-state index contributed by atoms with van der Waals surface area (Å²) in [5, 5.41) is 12.1. The lowest BCUT2D eigenvalue weighted by Gasteiger charge is -2.08. The van der Waals surface area contributed by atoms with Crippen LogP contribution in [0.2, 0.25) is 0 Å². The summed E-state index contributed by atoms with van der Waals surface area (Å²) >= 11 is 0. The highest BCUT2D eigenvalue weighted by atomic mass is 14.9. The molecule has 0 fully saturated rings. The van der Waals surface area contributed by atoms with Gasteiger partial charge in [-0.1, -0.05) is 31.2 Å². The van der Waals surface area contributed by atoms with Crippen LogP contribution >= 0.6 is 0 Å². The fraction of sp³-hybridized carbons (Fsp3) is 0.188. The van der Waals surface area contributed by atoms with E-state index < -0.39 is 0 Å². The van der Waals surface area contributed by atoms with Gasteiger partial charge in [0.2, 0.25) is 0 Å². The highest BCUT2D eigenvalue weighted by Gasteiger charge is 2.00. The van der Waals surface area contributed by atoms with Gasteiger partial charge in [-0.15, -0.1) is 0 Å². The van der Waals surface area contributed by atoms with Crippen LogP contribution in [-0.2, 0) is 13.0 Å². The number of hydrogen-bond acceptors (Lipinski definition) is 3. The van der Waals surface area contributed by atoms with Crippen molar-refractivity contribution in [2.45, 2.75) is 19.9 Å². The molecule has 3 nitrogen and oxygen atoms in total. The Bertz CT molecular complexity index is 594. The summed E-state index contributed by atoms with van der Waals surface area (Å²) < 4.78 is 0. The average Bonchev–Trinajstić information content (AvgIpc) is 2.46. The predicted molar refractivity (Wildman–Crippen MR) is 78.7 cm³/mol. The van der Waals surface area contributed by atoms with Gasteiger partial charge in [-0.3, -0.25) is 0 Å². The van der Waals surface area contributed by atoms with E-state index >= 15 is 0 Å². The molecule has 96 valence electrons. The van der Waals surface area contributed by atoms with Crippen LogP contribution in [0.25, 0.3) is 0 Å². The molecule has 2 aromatic rings. The number of nitriles is 1. The lowest BCUT2D eigenvalue weighted by molar-refractivity contribution is 1.11. The molecule has 3 N–H and O–H groups in total. The summed E-state index contributed by atoms with van der Waals surface area (Å²) in [5.74, 6) is 0. The Morgan fingerprint density at radius 2 is 1.79 bits per heavy atom. The van der Waals surface area contributed by atoms with Crippen LogP contribution in [0.15, 0.2) is 42.5 Å². The minimum Gasteiger partial charge on any atom is -0.398 e. The van der Waals surface area contributed by atoms with E-state index in [2.05, 4.69) is 42.6 Å². The second kappa shape index (κ2) is 5.92. The summed E-state index contributed by atoms with van der Waals surface area (Å²) in [4.78, 5) is 0. The summed E-state index contributed by atoms with van der Waals surface area (Å²) in [6.07, 6.45) is 1.06. The van der Waals surface area contributed by atoms with Gasteiger partial charge in [0.25, 0.3) is 0 Å². The third-order valence-corrected chi connectivity index (χ3v) is 3.10. The van der Waals surface area contributed by atoms with Gasteiger partial charge in [-0.2, -0.15) is 5.26 Å². The van der Waals surface area contributed by atoms with Crippen LogP contribution < -0.4 is 11.1 Å². The number of hydrogen-bond donors (Lipinski definition) is 2. The molecule has 0 aliphatic rings. The maximum Gasteiger partial charge on any atom is 0.101 e. The maximum atomic E-state index is 8.82. The van der Waals surface area contributed by atoms with Crippen molar-refractivity contribution < 1.29 is 0 Å². The number of aryl methyl sites for hydroxylation is 1. The van der Waals surface area contributed by atoms with Crippen LogP contribution in [0.5, 0.6) is 0 Å². The van der Waals surface area contributed by atoms with Crippen molar-refractivity contribution in [3.63, 3.8) is 0 Å². The van der Waals surface area contributed by atoms with E-state index in [0.29, 0.717) is 11.3 Å². The zero-order chi connectivity index (χ0) is 13.7. The van der Waals surface area contributed by atoms with Gasteiger partial charge in [0.05, 0.1) is 11.3 Å². The molecule has 0 aromatic heterocycles. The van der Waals surface area contributed by atoms with Crippen LogP contribution in [0.4, 0.5) is 11.4 Å². The molecule has 19 heavy (non-hydrogen) atoms. The zero-order valence-corrected chi connectivity index (χ0v) is 11.0. The molecule has 0 amide bonds. The summed E-state index contributed by atoms with van der Waals surface area (Å²) in [5.41, 5.74) is 10.3. The van der Waals surface area contributed by atoms with Crippen LogP contribution in [0.3, 0.4) is 0 Å². The third kappa shape index (κ3) is 3.26. The molecule has 2 aromatic carbocycles. The van der Waals surface area contributed by atoms with Gasteiger partial charge in [0.1, 0.15) is 6.07 Å². The number of nitrogens with zero attached hydrogens (tertiary/aromatic N) is 1. The SMILES string of the molecule is CCc1ccc(CNc2ccc(C#N)c(N)c2)cc1. The van der Waals surface area contributed by atoms with Gasteiger partial charge >= 0.3 is 0 Å². The smallest absolute Gasteiger partial charge is 0.101 e. The second-order valence-corrected chi connectivity index (χ2v) is 4.44. The Kier molecular flexibility index (Phi) is 4.04. The molecule has 2 rings (SSSR count). The fourth-order valence-corrected chi connectivity index (χ4v) is 1.87. The third-order valence-electron chi connectivity index (χ3n) is 3.10. The highest BCUT2D eigenvalue weighted by molar-refractivity contribution is 5.62. The molecule has 0 spiro atoms. The van der Waals surface area contributed by atoms with Crippen molar-refractivity contribution in [1.82, 2.24) is 0 Å². The van der Waals surface area contributed by atoms with Gasteiger partial charge in [-0.25, -0.2) is 0 Å². The molecule has 0 aliphatic heterocycles. The molecule has 0 unspecified atom stereocenters. The van der Waals surface area contributed by atoms with Gasteiger partial charge in [0, 0.05) is 12.2 Å². The van der Waals surface area contributed by atoms with E-state index in [4.69, 9.17) is 11.0 Å². The minimum atomic E-state index is 0.508. The Hall–Kier alpha value is -2.47. The van der Waals surface area contributed by atoms with Crippen molar-refractivity contribution in [2.24, 2.45) is 0 Å².